The molecule has 1 atom stereocenters. The SMILES string of the molecule is Nn1ncc(CC2CNC2=O)n1. The van der Waals surface area contributed by atoms with E-state index >= 15 is 0 Å². The molecule has 0 aliphatic carbocycles. The maximum absolute atomic E-state index is 10.8. The van der Waals surface area contributed by atoms with Crippen molar-refractivity contribution in [3.63, 3.8) is 0 Å². The molecule has 1 aliphatic heterocycles. The Bertz CT molecular complexity index is 307. The van der Waals surface area contributed by atoms with Crippen LogP contribution in [-0.2, 0) is 11.2 Å². The van der Waals surface area contributed by atoms with Crippen LogP contribution in [0.4, 0.5) is 0 Å². The summed E-state index contributed by atoms with van der Waals surface area (Å²) >= 11 is 0. The molecule has 0 aromatic carbocycles. The van der Waals surface area contributed by atoms with Crippen molar-refractivity contribution in [3.05, 3.63) is 11.9 Å². The molecule has 0 spiro atoms. The average molecular weight is 167 g/mol. The van der Waals surface area contributed by atoms with Gasteiger partial charge in [-0.1, -0.05) is 4.91 Å². The van der Waals surface area contributed by atoms with E-state index in [0.29, 0.717) is 6.42 Å². The minimum atomic E-state index is 0.0571. The molecule has 6 nitrogen and oxygen atoms in total. The van der Waals surface area contributed by atoms with Crippen LogP contribution in [0.1, 0.15) is 5.69 Å². The molecule has 1 aliphatic rings. The highest BCUT2D eigenvalue weighted by atomic mass is 16.2. The van der Waals surface area contributed by atoms with E-state index < -0.39 is 0 Å². The van der Waals surface area contributed by atoms with Gasteiger partial charge in [0.15, 0.2) is 0 Å². The number of nitrogen functional groups attached to an aromatic ring is 1. The Morgan fingerprint density at radius 1 is 1.83 bits per heavy atom. The largest absolute Gasteiger partial charge is 0.355 e. The van der Waals surface area contributed by atoms with Gasteiger partial charge in [0.2, 0.25) is 5.91 Å². The zero-order chi connectivity index (χ0) is 8.55. The second kappa shape index (κ2) is 2.47. The lowest BCUT2D eigenvalue weighted by Gasteiger charge is -2.24. The van der Waals surface area contributed by atoms with Crippen molar-refractivity contribution in [2.75, 3.05) is 12.4 Å². The molecule has 1 saturated heterocycles. The predicted octanol–water partition coefficient (Wildman–Crippen LogP) is -1.72. The number of β-lactam (4-membered cyclic amide) rings is 1. The van der Waals surface area contributed by atoms with Gasteiger partial charge in [0.1, 0.15) is 0 Å². The highest BCUT2D eigenvalue weighted by Crippen LogP contribution is 2.10. The lowest BCUT2D eigenvalue weighted by molar-refractivity contribution is -0.131. The Labute approximate surface area is 68.7 Å². The van der Waals surface area contributed by atoms with E-state index in [0.717, 1.165) is 17.1 Å². The molecule has 6 heteroatoms. The molecule has 0 saturated carbocycles. The summed E-state index contributed by atoms with van der Waals surface area (Å²) in [5, 5.41) is 10.2. The number of carbonyl (C=O) groups is 1. The number of rotatable bonds is 2. The summed E-state index contributed by atoms with van der Waals surface area (Å²) in [6.45, 7) is 0.732. The number of nitrogens with one attached hydrogen (secondary N) is 1. The van der Waals surface area contributed by atoms with Crippen LogP contribution in [0.25, 0.3) is 0 Å². The Balaban J connectivity index is 1.99. The standard InChI is InChI=1S/C6H9N5O/c7-11-9-3-5(10-11)1-4-2-8-6(4)12/h3-4H,1-2,7H2,(H,8,12). The summed E-state index contributed by atoms with van der Waals surface area (Å²) in [5.41, 5.74) is 0.761. The molecule has 12 heavy (non-hydrogen) atoms. The van der Waals surface area contributed by atoms with Gasteiger partial charge in [-0.25, -0.2) is 0 Å². The minimum Gasteiger partial charge on any atom is -0.355 e. The number of amides is 1. The number of carbonyl (C=O) groups excluding carboxylic acids is 1. The molecular formula is C6H9N5O. The molecule has 2 heterocycles. The zero-order valence-corrected chi connectivity index (χ0v) is 6.40. The molecule has 0 bridgehead atoms. The molecule has 1 fully saturated rings. The lowest BCUT2D eigenvalue weighted by atomic mass is 9.97. The average Bonchev–Trinajstić information content (AvgIpc) is 2.44. The maximum Gasteiger partial charge on any atom is 0.225 e. The fourth-order valence-corrected chi connectivity index (χ4v) is 1.15. The van der Waals surface area contributed by atoms with E-state index in [1.54, 1.807) is 6.20 Å². The first-order valence-corrected chi connectivity index (χ1v) is 3.70. The van der Waals surface area contributed by atoms with Gasteiger partial charge in [-0.15, -0.1) is 10.2 Å². The van der Waals surface area contributed by atoms with Crippen molar-refractivity contribution >= 4 is 5.91 Å². The van der Waals surface area contributed by atoms with Crippen LogP contribution in [0.15, 0.2) is 6.20 Å². The van der Waals surface area contributed by atoms with Crippen molar-refractivity contribution in [2.45, 2.75) is 6.42 Å². The van der Waals surface area contributed by atoms with E-state index in [2.05, 4.69) is 15.5 Å². The summed E-state index contributed by atoms with van der Waals surface area (Å²) in [7, 11) is 0. The van der Waals surface area contributed by atoms with Gasteiger partial charge in [-0.3, -0.25) is 4.79 Å². The summed E-state index contributed by atoms with van der Waals surface area (Å²) in [6.07, 6.45) is 2.20. The van der Waals surface area contributed by atoms with Crippen molar-refractivity contribution in [3.8, 4) is 0 Å². The molecule has 1 amide bonds. The molecule has 1 unspecified atom stereocenters. The van der Waals surface area contributed by atoms with Crippen LogP contribution in [0.5, 0.6) is 0 Å². The van der Waals surface area contributed by atoms with Gasteiger partial charge in [-0.05, 0) is 0 Å². The van der Waals surface area contributed by atoms with Gasteiger partial charge in [-0.2, -0.15) is 0 Å². The normalized spacial score (nSPS) is 21.7. The third-order valence-electron chi connectivity index (χ3n) is 1.90. The molecular weight excluding hydrogens is 158 g/mol. The second-order valence-corrected chi connectivity index (χ2v) is 2.80. The Morgan fingerprint density at radius 2 is 2.67 bits per heavy atom. The Hall–Kier alpha value is -1.59. The first kappa shape index (κ1) is 7.08. The van der Waals surface area contributed by atoms with Crippen LogP contribution < -0.4 is 11.2 Å². The Morgan fingerprint density at radius 3 is 3.08 bits per heavy atom. The number of hydrogen-bond donors (Lipinski definition) is 2. The first-order chi connectivity index (χ1) is 5.75. The summed E-state index contributed by atoms with van der Waals surface area (Å²) in [4.78, 5) is 11.9. The fraction of sp³-hybridized carbons (Fsp3) is 0.500. The third-order valence-corrected chi connectivity index (χ3v) is 1.90. The molecule has 1 aromatic heterocycles. The highest BCUT2D eigenvalue weighted by Gasteiger charge is 2.28. The maximum atomic E-state index is 10.8. The number of nitrogens with two attached hydrogens (primary N) is 1. The number of hydrogen-bond acceptors (Lipinski definition) is 4. The fourth-order valence-electron chi connectivity index (χ4n) is 1.15. The quantitative estimate of drug-likeness (QED) is 0.405. The van der Waals surface area contributed by atoms with Gasteiger partial charge in [0.05, 0.1) is 17.8 Å². The van der Waals surface area contributed by atoms with Gasteiger partial charge in [0.25, 0.3) is 0 Å². The molecule has 1 aromatic rings. The van der Waals surface area contributed by atoms with Crippen LogP contribution in [0.3, 0.4) is 0 Å². The summed E-state index contributed by atoms with van der Waals surface area (Å²) in [5.74, 6) is 5.38. The van der Waals surface area contributed by atoms with Crippen molar-refractivity contribution < 1.29 is 4.79 Å². The van der Waals surface area contributed by atoms with Gasteiger partial charge < -0.3 is 11.2 Å². The second-order valence-electron chi connectivity index (χ2n) is 2.80. The van der Waals surface area contributed by atoms with Crippen LogP contribution in [0.2, 0.25) is 0 Å². The van der Waals surface area contributed by atoms with Crippen molar-refractivity contribution in [1.82, 2.24) is 20.4 Å². The van der Waals surface area contributed by atoms with Crippen LogP contribution in [-0.4, -0.2) is 27.6 Å². The van der Waals surface area contributed by atoms with E-state index in [1.165, 1.54) is 0 Å². The van der Waals surface area contributed by atoms with E-state index in [1.807, 2.05) is 0 Å². The third kappa shape index (κ3) is 1.11. The van der Waals surface area contributed by atoms with E-state index in [4.69, 9.17) is 5.84 Å². The van der Waals surface area contributed by atoms with Gasteiger partial charge in [0, 0.05) is 13.0 Å². The lowest BCUT2D eigenvalue weighted by Crippen LogP contribution is -2.49. The monoisotopic (exact) mass is 167 g/mol. The topological polar surface area (TPSA) is 85.8 Å². The first-order valence-electron chi connectivity index (χ1n) is 3.70. The number of aromatic nitrogens is 3. The van der Waals surface area contributed by atoms with Crippen LogP contribution >= 0.6 is 0 Å². The zero-order valence-electron chi connectivity index (χ0n) is 6.40. The van der Waals surface area contributed by atoms with E-state index in [-0.39, 0.29) is 11.8 Å². The van der Waals surface area contributed by atoms with Crippen LogP contribution in [0, 0.1) is 5.92 Å². The molecule has 0 radical (unpaired) electrons. The summed E-state index contributed by atoms with van der Waals surface area (Å²) < 4.78 is 0. The van der Waals surface area contributed by atoms with Crippen molar-refractivity contribution in [2.24, 2.45) is 5.92 Å². The van der Waals surface area contributed by atoms with Crippen molar-refractivity contribution in [1.29, 1.82) is 0 Å². The molecule has 2 rings (SSSR count). The smallest absolute Gasteiger partial charge is 0.225 e. The predicted molar refractivity (Wildman–Crippen MR) is 40.4 cm³/mol. The molecule has 64 valence electrons. The summed E-state index contributed by atoms with van der Waals surface area (Å²) in [6, 6.07) is 0. The highest BCUT2D eigenvalue weighted by molar-refractivity contribution is 5.84. The van der Waals surface area contributed by atoms with E-state index in [9.17, 15) is 4.79 Å². The molecule has 3 N–H and O–H groups in total. The van der Waals surface area contributed by atoms with Gasteiger partial charge >= 0.3 is 0 Å². The number of nitrogens with zero attached hydrogens (tertiary/aromatic N) is 3. The Kier molecular flexibility index (Phi) is 1.46. The minimum absolute atomic E-state index is 0.0571.